The highest BCUT2D eigenvalue weighted by molar-refractivity contribution is 7.92. The number of sulfonamides is 1. The van der Waals surface area contributed by atoms with Crippen molar-refractivity contribution < 1.29 is 18.0 Å². The number of benzene rings is 4. The third-order valence-electron chi connectivity index (χ3n) is 6.82. The molecule has 0 spiro atoms. The van der Waals surface area contributed by atoms with Gasteiger partial charge in [0.15, 0.2) is 0 Å². The van der Waals surface area contributed by atoms with E-state index < -0.39 is 28.5 Å². The monoisotopic (exact) mass is 637 g/mol. The van der Waals surface area contributed by atoms with Crippen molar-refractivity contribution in [2.75, 3.05) is 17.4 Å². The molecular formula is C33H33Cl2N3O4S. The highest BCUT2D eigenvalue weighted by atomic mass is 35.5. The molecule has 0 saturated carbocycles. The number of carbonyl (C=O) groups excluding carboxylic acids is 2. The van der Waals surface area contributed by atoms with Gasteiger partial charge in [-0.2, -0.15) is 0 Å². The van der Waals surface area contributed by atoms with E-state index in [-0.39, 0.29) is 39.5 Å². The van der Waals surface area contributed by atoms with Crippen molar-refractivity contribution in [1.29, 1.82) is 0 Å². The van der Waals surface area contributed by atoms with Crippen LogP contribution in [0.1, 0.15) is 24.5 Å². The molecule has 0 aliphatic carbocycles. The maximum absolute atomic E-state index is 14.4. The van der Waals surface area contributed by atoms with Crippen LogP contribution in [0, 0.1) is 0 Å². The van der Waals surface area contributed by atoms with Crippen molar-refractivity contribution in [3.63, 3.8) is 0 Å². The highest BCUT2D eigenvalue weighted by Gasteiger charge is 2.34. The van der Waals surface area contributed by atoms with Crippen molar-refractivity contribution >= 4 is 50.7 Å². The van der Waals surface area contributed by atoms with Crippen molar-refractivity contribution in [1.82, 2.24) is 10.2 Å². The first kappa shape index (κ1) is 32.1. The zero-order valence-corrected chi connectivity index (χ0v) is 26.0. The van der Waals surface area contributed by atoms with Crippen LogP contribution in [0.25, 0.3) is 0 Å². The molecule has 0 heterocycles. The zero-order chi connectivity index (χ0) is 30.8. The molecule has 43 heavy (non-hydrogen) atoms. The number of hydrogen-bond donors (Lipinski definition) is 1. The summed E-state index contributed by atoms with van der Waals surface area (Å²) >= 11 is 12.4. The molecule has 1 atom stereocenters. The summed E-state index contributed by atoms with van der Waals surface area (Å²) in [6, 6.07) is 30.0. The van der Waals surface area contributed by atoms with Crippen molar-refractivity contribution in [2.24, 2.45) is 0 Å². The average Bonchev–Trinajstić information content (AvgIpc) is 3.03. The van der Waals surface area contributed by atoms with Crippen molar-refractivity contribution in [3.05, 3.63) is 130 Å². The van der Waals surface area contributed by atoms with Gasteiger partial charge in [0.2, 0.25) is 11.8 Å². The lowest BCUT2D eigenvalue weighted by Crippen LogP contribution is -2.53. The molecule has 0 unspecified atom stereocenters. The van der Waals surface area contributed by atoms with Gasteiger partial charge in [-0.25, -0.2) is 8.42 Å². The molecule has 1 N–H and O–H groups in total. The lowest BCUT2D eigenvalue weighted by atomic mass is 10.0. The molecular weight excluding hydrogens is 605 g/mol. The normalized spacial score (nSPS) is 11.9. The number of amides is 2. The number of nitrogens with zero attached hydrogens (tertiary/aromatic N) is 2. The third-order valence-corrected chi connectivity index (χ3v) is 9.34. The van der Waals surface area contributed by atoms with Crippen molar-refractivity contribution in [2.45, 2.75) is 37.2 Å². The van der Waals surface area contributed by atoms with Gasteiger partial charge in [0.05, 0.1) is 20.6 Å². The fourth-order valence-corrected chi connectivity index (χ4v) is 6.31. The topological polar surface area (TPSA) is 86.8 Å². The van der Waals surface area contributed by atoms with Crippen molar-refractivity contribution in [3.8, 4) is 0 Å². The minimum Gasteiger partial charge on any atom is -0.354 e. The highest BCUT2D eigenvalue weighted by Crippen LogP contribution is 2.31. The molecule has 7 nitrogen and oxygen atoms in total. The van der Waals surface area contributed by atoms with Crippen LogP contribution in [0.15, 0.2) is 114 Å². The first-order valence-electron chi connectivity index (χ1n) is 13.9. The summed E-state index contributed by atoms with van der Waals surface area (Å²) in [6.07, 6.45) is 0.962. The second-order valence-electron chi connectivity index (χ2n) is 9.93. The van der Waals surface area contributed by atoms with Gasteiger partial charge in [-0.05, 0) is 47.9 Å². The molecule has 4 aromatic carbocycles. The zero-order valence-electron chi connectivity index (χ0n) is 23.7. The molecule has 0 saturated heterocycles. The third kappa shape index (κ3) is 8.38. The quantitative estimate of drug-likeness (QED) is 0.185. The Hall–Kier alpha value is -3.85. The van der Waals surface area contributed by atoms with Gasteiger partial charge < -0.3 is 10.2 Å². The maximum atomic E-state index is 14.4. The molecule has 0 bridgehead atoms. The standard InChI is InChI=1S/C33H33Cl2N3O4S/c1-2-20-36-33(40)31(21-25-12-6-3-7-13-25)37(23-26-14-8-4-9-15-26)32(39)24-38(27-18-19-29(34)30(35)22-27)43(41,42)28-16-10-5-11-17-28/h3-19,22,31H,2,20-21,23-24H2,1H3,(H,36,40)/t31-/m1/s1. The van der Waals surface area contributed by atoms with Gasteiger partial charge in [0, 0.05) is 19.5 Å². The Kier molecular flexibility index (Phi) is 11.2. The molecule has 10 heteroatoms. The van der Waals surface area contributed by atoms with Gasteiger partial charge in [-0.15, -0.1) is 0 Å². The predicted octanol–water partition coefficient (Wildman–Crippen LogP) is 6.36. The van der Waals surface area contributed by atoms with Crippen LogP contribution in [-0.2, 0) is 32.6 Å². The fourth-order valence-electron chi connectivity index (χ4n) is 4.59. The van der Waals surface area contributed by atoms with E-state index in [1.54, 1.807) is 18.2 Å². The number of hydrogen-bond acceptors (Lipinski definition) is 4. The molecule has 0 aromatic heterocycles. The second kappa shape index (κ2) is 15.0. The number of carbonyl (C=O) groups is 2. The Morgan fingerprint density at radius 2 is 1.37 bits per heavy atom. The lowest BCUT2D eigenvalue weighted by molar-refractivity contribution is -0.140. The summed E-state index contributed by atoms with van der Waals surface area (Å²) in [6.45, 7) is 1.91. The number of anilines is 1. The van der Waals surface area contributed by atoms with Crippen LogP contribution >= 0.6 is 23.2 Å². The molecule has 0 radical (unpaired) electrons. The summed E-state index contributed by atoms with van der Waals surface area (Å²) in [7, 11) is -4.22. The van der Waals surface area contributed by atoms with E-state index in [2.05, 4.69) is 5.32 Å². The Bertz CT molecular complexity index is 1620. The van der Waals surface area contributed by atoms with E-state index in [0.717, 1.165) is 21.9 Å². The van der Waals surface area contributed by atoms with E-state index in [4.69, 9.17) is 23.2 Å². The van der Waals surface area contributed by atoms with E-state index in [1.807, 2.05) is 67.6 Å². The van der Waals surface area contributed by atoms with Crippen LogP contribution in [0.5, 0.6) is 0 Å². The smallest absolute Gasteiger partial charge is 0.264 e. The maximum Gasteiger partial charge on any atom is 0.264 e. The second-order valence-corrected chi connectivity index (χ2v) is 12.6. The Morgan fingerprint density at radius 3 is 1.95 bits per heavy atom. The first-order valence-corrected chi connectivity index (χ1v) is 16.1. The Morgan fingerprint density at radius 1 is 0.791 bits per heavy atom. The van der Waals surface area contributed by atoms with Crippen LogP contribution in [0.3, 0.4) is 0 Å². The lowest BCUT2D eigenvalue weighted by Gasteiger charge is -2.34. The number of nitrogens with one attached hydrogen (secondary N) is 1. The van der Waals surface area contributed by atoms with E-state index >= 15 is 0 Å². The fraction of sp³-hybridized carbons (Fsp3) is 0.212. The van der Waals surface area contributed by atoms with E-state index in [9.17, 15) is 18.0 Å². The molecule has 0 fully saturated rings. The summed E-state index contributed by atoms with van der Waals surface area (Å²) in [5.41, 5.74) is 1.83. The van der Waals surface area contributed by atoms with Crippen LogP contribution in [0.2, 0.25) is 10.0 Å². The van der Waals surface area contributed by atoms with Gasteiger partial charge >= 0.3 is 0 Å². The van der Waals surface area contributed by atoms with E-state index in [1.165, 1.54) is 35.2 Å². The van der Waals surface area contributed by atoms with Gasteiger partial charge in [-0.3, -0.25) is 13.9 Å². The predicted molar refractivity (Wildman–Crippen MR) is 172 cm³/mol. The molecule has 0 aliphatic heterocycles. The van der Waals surface area contributed by atoms with Crippen LogP contribution in [0.4, 0.5) is 5.69 Å². The van der Waals surface area contributed by atoms with Crippen LogP contribution in [-0.4, -0.2) is 44.3 Å². The van der Waals surface area contributed by atoms with Gasteiger partial charge in [0.25, 0.3) is 10.0 Å². The molecule has 4 rings (SSSR count). The van der Waals surface area contributed by atoms with E-state index in [0.29, 0.717) is 6.54 Å². The van der Waals surface area contributed by atoms with Gasteiger partial charge in [0.1, 0.15) is 12.6 Å². The number of rotatable bonds is 13. The summed E-state index contributed by atoms with van der Waals surface area (Å²) in [5, 5.41) is 3.32. The summed E-state index contributed by atoms with van der Waals surface area (Å²) in [5.74, 6) is -0.871. The molecule has 0 aliphatic rings. The summed E-state index contributed by atoms with van der Waals surface area (Å²) < 4.78 is 29.0. The Balaban J connectivity index is 1.79. The minimum absolute atomic E-state index is 0.00464. The van der Waals surface area contributed by atoms with Crippen LogP contribution < -0.4 is 9.62 Å². The number of halogens is 2. The average molecular weight is 639 g/mol. The largest absolute Gasteiger partial charge is 0.354 e. The summed E-state index contributed by atoms with van der Waals surface area (Å²) in [4.78, 5) is 29.4. The SMILES string of the molecule is CCCNC(=O)[C@@H](Cc1ccccc1)N(Cc1ccccc1)C(=O)CN(c1ccc(Cl)c(Cl)c1)S(=O)(=O)c1ccccc1. The molecule has 2 amide bonds. The molecule has 224 valence electrons. The first-order chi connectivity index (χ1) is 20.7. The molecule has 4 aromatic rings. The Labute approximate surface area is 263 Å². The minimum atomic E-state index is -4.22. The van der Waals surface area contributed by atoms with Gasteiger partial charge in [-0.1, -0.05) is 109 Å².